The maximum atomic E-state index is 4.27. The van der Waals surface area contributed by atoms with Gasteiger partial charge in [-0.25, -0.2) is 0 Å². The Labute approximate surface area is 74.8 Å². The van der Waals surface area contributed by atoms with Crippen molar-refractivity contribution in [1.82, 2.24) is 4.98 Å². The van der Waals surface area contributed by atoms with E-state index >= 15 is 0 Å². The van der Waals surface area contributed by atoms with Crippen LogP contribution in [0, 0.1) is 6.07 Å². The van der Waals surface area contributed by atoms with Gasteiger partial charge in [0.05, 0.1) is 5.69 Å². The van der Waals surface area contributed by atoms with E-state index in [0.29, 0.717) is 11.8 Å². The number of aromatic nitrogens is 1. The Morgan fingerprint density at radius 3 is 2.33 bits per heavy atom. The van der Waals surface area contributed by atoms with Crippen molar-refractivity contribution in [2.75, 3.05) is 0 Å². The Hall–Kier alpha value is -0.850. The second-order valence-electron chi connectivity index (χ2n) is 3.72. The van der Waals surface area contributed by atoms with E-state index in [-0.39, 0.29) is 0 Å². The number of hydrogen-bond acceptors (Lipinski definition) is 1. The molecule has 1 heteroatoms. The van der Waals surface area contributed by atoms with Gasteiger partial charge in [0.25, 0.3) is 0 Å². The minimum absolute atomic E-state index is 0.476. The monoisotopic (exact) mass is 162 g/mol. The van der Waals surface area contributed by atoms with E-state index < -0.39 is 0 Å². The average Bonchev–Trinajstić information content (AvgIpc) is 2.04. The third-order valence-corrected chi connectivity index (χ3v) is 1.91. The van der Waals surface area contributed by atoms with Crippen molar-refractivity contribution < 1.29 is 0 Å². The van der Waals surface area contributed by atoms with Crippen LogP contribution in [0.25, 0.3) is 0 Å². The van der Waals surface area contributed by atoms with Crippen LogP contribution in [0.15, 0.2) is 12.3 Å². The highest BCUT2D eigenvalue weighted by Crippen LogP contribution is 2.17. The average molecular weight is 162 g/mol. The fraction of sp³-hybridized carbons (Fsp3) is 0.545. The van der Waals surface area contributed by atoms with Crippen LogP contribution in [0.1, 0.15) is 50.8 Å². The fourth-order valence-electron chi connectivity index (χ4n) is 1.05. The fourth-order valence-corrected chi connectivity index (χ4v) is 1.05. The molecule has 0 saturated heterocycles. The first-order chi connectivity index (χ1) is 5.61. The highest BCUT2D eigenvalue weighted by Gasteiger charge is 2.04. The van der Waals surface area contributed by atoms with Gasteiger partial charge in [0, 0.05) is 12.3 Å². The number of rotatable bonds is 2. The lowest BCUT2D eigenvalue weighted by Crippen LogP contribution is -1.96. The Bertz CT molecular complexity index is 228. The van der Waals surface area contributed by atoms with Gasteiger partial charge in [-0.15, -0.1) is 0 Å². The summed E-state index contributed by atoms with van der Waals surface area (Å²) in [7, 11) is 0. The van der Waals surface area contributed by atoms with Crippen LogP contribution in [0.2, 0.25) is 0 Å². The van der Waals surface area contributed by atoms with Crippen LogP contribution in [0.4, 0.5) is 0 Å². The summed E-state index contributed by atoms with van der Waals surface area (Å²) in [6.45, 7) is 8.64. The maximum absolute atomic E-state index is 4.27. The summed E-state index contributed by atoms with van der Waals surface area (Å²) in [5.74, 6) is 1.02. The molecule has 0 aliphatic heterocycles. The van der Waals surface area contributed by atoms with E-state index in [2.05, 4.69) is 38.7 Å². The smallest absolute Gasteiger partial charge is 0.0510 e. The van der Waals surface area contributed by atoms with E-state index in [1.807, 2.05) is 12.3 Å². The molecule has 0 amide bonds. The Morgan fingerprint density at radius 2 is 1.83 bits per heavy atom. The van der Waals surface area contributed by atoms with Crippen molar-refractivity contribution in [1.29, 1.82) is 0 Å². The summed E-state index contributed by atoms with van der Waals surface area (Å²) in [5, 5.41) is 0. The van der Waals surface area contributed by atoms with Crippen molar-refractivity contribution in [2.24, 2.45) is 0 Å². The highest BCUT2D eigenvalue weighted by atomic mass is 14.7. The van der Waals surface area contributed by atoms with Crippen molar-refractivity contribution in [3.8, 4) is 0 Å². The largest absolute Gasteiger partial charge is 0.260 e. The van der Waals surface area contributed by atoms with Crippen molar-refractivity contribution in [3.63, 3.8) is 0 Å². The normalized spacial score (nSPS) is 11.2. The van der Waals surface area contributed by atoms with E-state index in [9.17, 15) is 0 Å². The molecule has 1 aromatic heterocycles. The molecular formula is C11H16N. The van der Waals surface area contributed by atoms with Gasteiger partial charge >= 0.3 is 0 Å². The first kappa shape index (κ1) is 9.24. The van der Waals surface area contributed by atoms with Crippen molar-refractivity contribution in [2.45, 2.75) is 39.5 Å². The number of nitrogens with zero attached hydrogens (tertiary/aromatic N) is 1. The SMILES string of the molecule is CC(C)c1[c]c(C(C)C)ncc1. The van der Waals surface area contributed by atoms with Gasteiger partial charge in [-0.1, -0.05) is 27.7 Å². The first-order valence-corrected chi connectivity index (χ1v) is 4.49. The molecular weight excluding hydrogens is 146 g/mol. The van der Waals surface area contributed by atoms with E-state index in [1.165, 1.54) is 5.56 Å². The van der Waals surface area contributed by atoms with Crippen LogP contribution < -0.4 is 0 Å². The lowest BCUT2D eigenvalue weighted by molar-refractivity contribution is 0.796. The van der Waals surface area contributed by atoms with Gasteiger partial charge in [0.1, 0.15) is 0 Å². The summed E-state index contributed by atoms with van der Waals surface area (Å²) in [4.78, 5) is 4.27. The molecule has 0 N–H and O–H groups in total. The van der Waals surface area contributed by atoms with Gasteiger partial charge in [-0.05, 0) is 23.5 Å². The second-order valence-corrected chi connectivity index (χ2v) is 3.72. The molecule has 12 heavy (non-hydrogen) atoms. The molecule has 0 aliphatic rings. The van der Waals surface area contributed by atoms with Crippen LogP contribution in [-0.4, -0.2) is 4.98 Å². The zero-order valence-corrected chi connectivity index (χ0v) is 8.26. The standard InChI is InChI=1S/C11H16N/c1-8(2)10-5-6-12-11(7-10)9(3)4/h5-6,8-9H,1-4H3. The molecule has 1 nitrogen and oxygen atoms in total. The number of pyridine rings is 1. The Kier molecular flexibility index (Phi) is 2.85. The molecule has 0 fully saturated rings. The topological polar surface area (TPSA) is 12.9 Å². The minimum atomic E-state index is 0.476. The molecule has 1 radical (unpaired) electrons. The molecule has 1 rings (SSSR count). The molecule has 1 aromatic rings. The molecule has 0 spiro atoms. The minimum Gasteiger partial charge on any atom is -0.260 e. The molecule has 0 aliphatic carbocycles. The summed E-state index contributed by atoms with van der Waals surface area (Å²) < 4.78 is 0. The first-order valence-electron chi connectivity index (χ1n) is 4.49. The van der Waals surface area contributed by atoms with E-state index in [4.69, 9.17) is 0 Å². The Morgan fingerprint density at radius 1 is 1.17 bits per heavy atom. The zero-order valence-electron chi connectivity index (χ0n) is 8.26. The van der Waals surface area contributed by atoms with Crippen molar-refractivity contribution in [3.05, 3.63) is 29.6 Å². The number of hydrogen-bond donors (Lipinski definition) is 0. The lowest BCUT2D eigenvalue weighted by atomic mass is 10.0. The predicted octanol–water partition coefficient (Wildman–Crippen LogP) is 3.13. The molecule has 0 bridgehead atoms. The van der Waals surface area contributed by atoms with E-state index in [1.54, 1.807) is 0 Å². The molecule has 0 atom stereocenters. The predicted molar refractivity (Wildman–Crippen MR) is 51.3 cm³/mol. The third kappa shape index (κ3) is 2.07. The van der Waals surface area contributed by atoms with Crippen molar-refractivity contribution >= 4 is 0 Å². The van der Waals surface area contributed by atoms with Gasteiger partial charge in [-0.2, -0.15) is 0 Å². The quantitative estimate of drug-likeness (QED) is 0.651. The summed E-state index contributed by atoms with van der Waals surface area (Å²) in [5.41, 5.74) is 2.33. The summed E-state index contributed by atoms with van der Waals surface area (Å²) in [6, 6.07) is 5.37. The van der Waals surface area contributed by atoms with Crippen LogP contribution >= 0.6 is 0 Å². The lowest BCUT2D eigenvalue weighted by Gasteiger charge is -2.08. The second kappa shape index (κ2) is 3.70. The van der Waals surface area contributed by atoms with Gasteiger partial charge in [-0.3, -0.25) is 4.98 Å². The van der Waals surface area contributed by atoms with Crippen LogP contribution in [0.5, 0.6) is 0 Å². The summed E-state index contributed by atoms with van der Waals surface area (Å²) >= 11 is 0. The Balaban J connectivity index is 2.96. The van der Waals surface area contributed by atoms with Gasteiger partial charge in [0.15, 0.2) is 0 Å². The molecule has 0 unspecified atom stereocenters. The molecule has 65 valence electrons. The zero-order chi connectivity index (χ0) is 9.14. The molecule has 0 saturated carbocycles. The van der Waals surface area contributed by atoms with Crippen LogP contribution in [-0.2, 0) is 0 Å². The molecule has 0 aromatic carbocycles. The maximum Gasteiger partial charge on any atom is 0.0510 e. The molecule has 1 heterocycles. The summed E-state index contributed by atoms with van der Waals surface area (Å²) in [6.07, 6.45) is 1.88. The highest BCUT2D eigenvalue weighted by molar-refractivity contribution is 5.19. The van der Waals surface area contributed by atoms with Gasteiger partial charge < -0.3 is 0 Å². The van der Waals surface area contributed by atoms with Crippen LogP contribution in [0.3, 0.4) is 0 Å². The van der Waals surface area contributed by atoms with E-state index in [0.717, 1.165) is 5.69 Å². The third-order valence-electron chi connectivity index (χ3n) is 1.91. The van der Waals surface area contributed by atoms with Gasteiger partial charge in [0.2, 0.25) is 0 Å².